The third kappa shape index (κ3) is 4.23. The Morgan fingerprint density at radius 2 is 1.95 bits per heavy atom. The molecule has 2 rings (SSSR count). The average Bonchev–Trinajstić information content (AvgIpc) is 2.48. The van der Waals surface area contributed by atoms with E-state index in [0.29, 0.717) is 23.8 Å². The van der Waals surface area contributed by atoms with Crippen LogP contribution in [0.3, 0.4) is 0 Å². The van der Waals surface area contributed by atoms with Crippen LogP contribution in [-0.4, -0.2) is 19.6 Å². The largest absolute Gasteiger partial charge is 0.491 e. The van der Waals surface area contributed by atoms with Crippen LogP contribution in [0.15, 0.2) is 48.5 Å². The summed E-state index contributed by atoms with van der Waals surface area (Å²) in [5.41, 5.74) is 2.01. The van der Waals surface area contributed by atoms with Crippen LogP contribution >= 0.6 is 11.6 Å². The molecule has 0 fully saturated rings. The van der Waals surface area contributed by atoms with Gasteiger partial charge in [-0.25, -0.2) is 0 Å². The SMILES string of the molecule is Cc1cccc(N(C)C(=O)CCOc2ccccc2Cl)c1. The van der Waals surface area contributed by atoms with Crippen LogP contribution < -0.4 is 9.64 Å². The number of benzene rings is 2. The summed E-state index contributed by atoms with van der Waals surface area (Å²) in [6, 6.07) is 15.1. The van der Waals surface area contributed by atoms with Gasteiger partial charge in [0.2, 0.25) is 5.91 Å². The molecule has 0 radical (unpaired) electrons. The highest BCUT2D eigenvalue weighted by Gasteiger charge is 2.11. The lowest BCUT2D eigenvalue weighted by molar-refractivity contribution is -0.118. The zero-order valence-electron chi connectivity index (χ0n) is 12.2. The molecule has 2 aromatic carbocycles. The monoisotopic (exact) mass is 303 g/mol. The Bertz CT molecular complexity index is 628. The lowest BCUT2D eigenvalue weighted by Gasteiger charge is -2.18. The van der Waals surface area contributed by atoms with Crippen LogP contribution in [0, 0.1) is 6.92 Å². The minimum atomic E-state index is 0.00709. The minimum Gasteiger partial charge on any atom is -0.491 e. The number of para-hydroxylation sites is 1. The van der Waals surface area contributed by atoms with Crippen LogP contribution in [-0.2, 0) is 4.79 Å². The Labute approximate surface area is 130 Å². The topological polar surface area (TPSA) is 29.5 Å². The molecule has 0 aromatic heterocycles. The molecule has 2 aromatic rings. The summed E-state index contributed by atoms with van der Waals surface area (Å²) in [7, 11) is 1.77. The molecule has 0 unspecified atom stereocenters. The van der Waals surface area contributed by atoms with Gasteiger partial charge in [0.15, 0.2) is 0 Å². The summed E-state index contributed by atoms with van der Waals surface area (Å²) in [6.45, 7) is 2.31. The van der Waals surface area contributed by atoms with Gasteiger partial charge in [-0.2, -0.15) is 0 Å². The lowest BCUT2D eigenvalue weighted by atomic mass is 10.2. The van der Waals surface area contributed by atoms with Crippen LogP contribution in [0.4, 0.5) is 5.69 Å². The number of rotatable bonds is 5. The van der Waals surface area contributed by atoms with E-state index in [4.69, 9.17) is 16.3 Å². The van der Waals surface area contributed by atoms with E-state index >= 15 is 0 Å². The molecule has 0 saturated heterocycles. The number of carbonyl (C=O) groups excluding carboxylic acids is 1. The summed E-state index contributed by atoms with van der Waals surface area (Å²) in [5.74, 6) is 0.609. The van der Waals surface area contributed by atoms with E-state index in [1.165, 1.54) is 0 Å². The van der Waals surface area contributed by atoms with Crippen LogP contribution in [0.1, 0.15) is 12.0 Å². The molecule has 21 heavy (non-hydrogen) atoms. The van der Waals surface area contributed by atoms with Crippen molar-refractivity contribution in [2.75, 3.05) is 18.6 Å². The fourth-order valence-electron chi connectivity index (χ4n) is 1.96. The molecule has 1 amide bonds. The fourth-order valence-corrected chi connectivity index (χ4v) is 2.15. The van der Waals surface area contributed by atoms with E-state index in [-0.39, 0.29) is 5.91 Å². The summed E-state index contributed by atoms with van der Waals surface area (Å²) >= 11 is 6.00. The number of anilines is 1. The van der Waals surface area contributed by atoms with Gasteiger partial charge < -0.3 is 9.64 Å². The molecule has 0 heterocycles. The third-order valence-electron chi connectivity index (χ3n) is 3.17. The molecule has 0 bridgehead atoms. The smallest absolute Gasteiger partial charge is 0.230 e. The van der Waals surface area contributed by atoms with Gasteiger partial charge in [-0.1, -0.05) is 35.9 Å². The molecule has 0 aliphatic heterocycles. The first-order chi connectivity index (χ1) is 10.1. The highest BCUT2D eigenvalue weighted by molar-refractivity contribution is 6.32. The number of ether oxygens (including phenoxy) is 1. The predicted molar refractivity (Wildman–Crippen MR) is 86.2 cm³/mol. The molecule has 0 N–H and O–H groups in total. The second-order valence-electron chi connectivity index (χ2n) is 4.82. The maximum absolute atomic E-state index is 12.1. The Kier molecular flexibility index (Phi) is 5.23. The maximum atomic E-state index is 12.1. The molecule has 0 aliphatic carbocycles. The summed E-state index contributed by atoms with van der Waals surface area (Å²) in [4.78, 5) is 13.8. The van der Waals surface area contributed by atoms with E-state index < -0.39 is 0 Å². The molecule has 0 spiro atoms. The Balaban J connectivity index is 1.89. The molecule has 3 nitrogen and oxygen atoms in total. The number of hydrogen-bond donors (Lipinski definition) is 0. The van der Waals surface area contributed by atoms with Crippen molar-refractivity contribution in [3.63, 3.8) is 0 Å². The molecule has 110 valence electrons. The van der Waals surface area contributed by atoms with Crippen LogP contribution in [0.25, 0.3) is 0 Å². The van der Waals surface area contributed by atoms with Gasteiger partial charge in [-0.3, -0.25) is 4.79 Å². The highest BCUT2D eigenvalue weighted by Crippen LogP contribution is 2.23. The first-order valence-electron chi connectivity index (χ1n) is 6.78. The number of carbonyl (C=O) groups is 1. The summed E-state index contributed by atoms with van der Waals surface area (Å²) in [5, 5.41) is 0.553. The van der Waals surface area contributed by atoms with Crippen molar-refractivity contribution in [2.45, 2.75) is 13.3 Å². The van der Waals surface area contributed by atoms with Gasteiger partial charge in [0.1, 0.15) is 5.75 Å². The zero-order valence-corrected chi connectivity index (χ0v) is 12.9. The second-order valence-corrected chi connectivity index (χ2v) is 5.23. The van der Waals surface area contributed by atoms with Gasteiger partial charge >= 0.3 is 0 Å². The maximum Gasteiger partial charge on any atom is 0.230 e. The molecular formula is C17H18ClNO2. The van der Waals surface area contributed by atoms with E-state index in [1.807, 2.05) is 43.3 Å². The van der Waals surface area contributed by atoms with Crippen LogP contribution in [0.5, 0.6) is 5.75 Å². The molecule has 0 aliphatic rings. The van der Waals surface area contributed by atoms with Gasteiger partial charge in [0.05, 0.1) is 18.1 Å². The van der Waals surface area contributed by atoms with Gasteiger partial charge in [-0.05, 0) is 36.8 Å². The van der Waals surface area contributed by atoms with Gasteiger partial charge in [0.25, 0.3) is 0 Å². The molecule has 0 saturated carbocycles. The van der Waals surface area contributed by atoms with E-state index in [0.717, 1.165) is 11.3 Å². The molecular weight excluding hydrogens is 286 g/mol. The Morgan fingerprint density at radius 3 is 2.67 bits per heavy atom. The summed E-state index contributed by atoms with van der Waals surface area (Å²) in [6.07, 6.45) is 0.301. The predicted octanol–water partition coefficient (Wildman–Crippen LogP) is 4.08. The quantitative estimate of drug-likeness (QED) is 0.833. The number of amides is 1. The average molecular weight is 304 g/mol. The Hall–Kier alpha value is -2.00. The van der Waals surface area contributed by atoms with Crippen molar-refractivity contribution in [2.24, 2.45) is 0 Å². The van der Waals surface area contributed by atoms with Crippen molar-refractivity contribution in [1.82, 2.24) is 0 Å². The molecule has 0 atom stereocenters. The van der Waals surface area contributed by atoms with Crippen molar-refractivity contribution < 1.29 is 9.53 Å². The number of halogens is 1. The van der Waals surface area contributed by atoms with Crippen molar-refractivity contribution >= 4 is 23.2 Å². The van der Waals surface area contributed by atoms with E-state index in [1.54, 1.807) is 24.1 Å². The Morgan fingerprint density at radius 1 is 1.19 bits per heavy atom. The normalized spacial score (nSPS) is 10.2. The highest BCUT2D eigenvalue weighted by atomic mass is 35.5. The second kappa shape index (κ2) is 7.14. The number of nitrogens with zero attached hydrogens (tertiary/aromatic N) is 1. The first kappa shape index (κ1) is 15.4. The van der Waals surface area contributed by atoms with Gasteiger partial charge in [0, 0.05) is 12.7 Å². The zero-order chi connectivity index (χ0) is 15.2. The van der Waals surface area contributed by atoms with Crippen molar-refractivity contribution in [1.29, 1.82) is 0 Å². The lowest BCUT2D eigenvalue weighted by Crippen LogP contribution is -2.27. The van der Waals surface area contributed by atoms with Crippen molar-refractivity contribution in [3.05, 3.63) is 59.1 Å². The number of hydrogen-bond acceptors (Lipinski definition) is 2. The van der Waals surface area contributed by atoms with E-state index in [2.05, 4.69) is 0 Å². The standard InChI is InChI=1S/C17H18ClNO2/c1-13-6-5-7-14(12-13)19(2)17(20)10-11-21-16-9-4-3-8-15(16)18/h3-9,12H,10-11H2,1-2H3. The first-order valence-corrected chi connectivity index (χ1v) is 7.16. The fraction of sp³-hybridized carbons (Fsp3) is 0.235. The van der Waals surface area contributed by atoms with Crippen LogP contribution in [0.2, 0.25) is 5.02 Å². The van der Waals surface area contributed by atoms with E-state index in [9.17, 15) is 4.79 Å². The molecule has 4 heteroatoms. The number of aryl methyl sites for hydroxylation is 1. The minimum absolute atomic E-state index is 0.00709. The van der Waals surface area contributed by atoms with Gasteiger partial charge in [-0.15, -0.1) is 0 Å². The van der Waals surface area contributed by atoms with Crippen molar-refractivity contribution in [3.8, 4) is 5.75 Å². The third-order valence-corrected chi connectivity index (χ3v) is 3.49. The summed E-state index contributed by atoms with van der Waals surface area (Å²) < 4.78 is 5.54.